The molecule has 1 amide bonds. The number of alkyl halides is 3. The number of rotatable bonds is 5. The molecular weight excluding hydrogens is 409 g/mol. The molecule has 1 fully saturated rings. The Morgan fingerprint density at radius 3 is 2.59 bits per heavy atom. The largest absolute Gasteiger partial charge is 0.435 e. The lowest BCUT2D eigenvalue weighted by Crippen LogP contribution is -2.40. The number of hydrogen-bond acceptors (Lipinski definition) is 6. The maximum Gasteiger partial charge on any atom is 0.435 e. The predicted octanol–water partition coefficient (Wildman–Crippen LogP) is 3.39. The summed E-state index contributed by atoms with van der Waals surface area (Å²) >= 11 is 1.42. The number of amides is 1. The van der Waals surface area contributed by atoms with Crippen LogP contribution in [0.15, 0.2) is 11.4 Å². The van der Waals surface area contributed by atoms with E-state index in [4.69, 9.17) is 4.74 Å². The van der Waals surface area contributed by atoms with Crippen molar-refractivity contribution in [1.82, 2.24) is 19.7 Å². The van der Waals surface area contributed by atoms with E-state index in [1.165, 1.54) is 18.3 Å². The minimum atomic E-state index is -4.53. The third-order valence-corrected chi connectivity index (χ3v) is 5.75. The number of ether oxygens (including phenoxy) is 1. The Morgan fingerprint density at radius 1 is 1.31 bits per heavy atom. The van der Waals surface area contributed by atoms with Crippen LogP contribution in [0.25, 0.3) is 0 Å². The smallest absolute Gasteiger partial charge is 0.407 e. The number of aromatic nitrogens is 3. The normalized spacial score (nSPS) is 15.6. The number of halogens is 3. The second-order valence-electron chi connectivity index (χ2n) is 6.83. The monoisotopic (exact) mass is 430 g/mol. The second kappa shape index (κ2) is 8.52. The molecule has 0 N–H and O–H groups in total. The van der Waals surface area contributed by atoms with Crippen molar-refractivity contribution < 1.29 is 27.5 Å². The van der Waals surface area contributed by atoms with Gasteiger partial charge in [0.2, 0.25) is 11.8 Å². The molecule has 0 aromatic carbocycles. The molecule has 0 radical (unpaired) electrons. The van der Waals surface area contributed by atoms with E-state index in [1.807, 2.05) is 0 Å². The van der Waals surface area contributed by atoms with Crippen molar-refractivity contribution >= 4 is 23.2 Å². The van der Waals surface area contributed by atoms with Crippen molar-refractivity contribution in [3.8, 4) is 5.88 Å². The zero-order valence-electron chi connectivity index (χ0n) is 16.0. The number of likely N-dealkylation sites (tertiary alicyclic amines) is 1. The Hall–Kier alpha value is -2.43. The number of aryl methyl sites for hydroxylation is 1. The lowest BCUT2D eigenvalue weighted by atomic mass is 9.97. The molecule has 7 nitrogen and oxygen atoms in total. The molecule has 2 aromatic rings. The van der Waals surface area contributed by atoms with E-state index in [9.17, 15) is 22.8 Å². The van der Waals surface area contributed by atoms with E-state index < -0.39 is 11.9 Å². The lowest BCUT2D eigenvalue weighted by Gasteiger charge is -2.31. The highest BCUT2D eigenvalue weighted by Gasteiger charge is 2.35. The van der Waals surface area contributed by atoms with Gasteiger partial charge >= 0.3 is 12.1 Å². The number of carbonyl (C=O) groups excluding carboxylic acids is 2. The third kappa shape index (κ3) is 5.14. The molecule has 158 valence electrons. The summed E-state index contributed by atoms with van der Waals surface area (Å²) in [5.74, 6) is -0.156. The van der Waals surface area contributed by atoms with E-state index in [1.54, 1.807) is 17.2 Å². The van der Waals surface area contributed by atoms with Crippen LogP contribution >= 0.6 is 11.3 Å². The molecule has 3 heterocycles. The topological polar surface area (TPSA) is 77.3 Å². The second-order valence-corrected chi connectivity index (χ2v) is 7.72. The Balaban J connectivity index is 1.55. The number of thiazole rings is 1. The summed E-state index contributed by atoms with van der Waals surface area (Å²) in [6.07, 6.45) is -2.89. The number of carbonyl (C=O) groups is 2. The molecule has 0 saturated carbocycles. The van der Waals surface area contributed by atoms with Gasteiger partial charge in [0.15, 0.2) is 5.69 Å². The van der Waals surface area contributed by atoms with E-state index in [0.29, 0.717) is 31.8 Å². The van der Waals surface area contributed by atoms with Crippen LogP contribution in [-0.2, 0) is 22.3 Å². The average molecular weight is 430 g/mol. The maximum absolute atomic E-state index is 12.8. The van der Waals surface area contributed by atoms with Gasteiger partial charge in [0.05, 0.1) is 10.4 Å². The summed E-state index contributed by atoms with van der Waals surface area (Å²) < 4.78 is 44.5. The van der Waals surface area contributed by atoms with Gasteiger partial charge in [-0.2, -0.15) is 18.3 Å². The van der Waals surface area contributed by atoms with E-state index >= 15 is 0 Å². The third-order valence-electron chi connectivity index (χ3n) is 4.76. The first-order valence-electron chi connectivity index (χ1n) is 9.23. The maximum atomic E-state index is 12.8. The molecule has 1 saturated heterocycles. The molecule has 0 atom stereocenters. The van der Waals surface area contributed by atoms with Crippen molar-refractivity contribution in [3.63, 3.8) is 0 Å². The van der Waals surface area contributed by atoms with E-state index in [-0.39, 0.29) is 36.5 Å². The van der Waals surface area contributed by atoms with Crippen LogP contribution in [0, 0.1) is 6.92 Å². The predicted molar refractivity (Wildman–Crippen MR) is 98.6 cm³/mol. The van der Waals surface area contributed by atoms with Crippen molar-refractivity contribution in [1.29, 1.82) is 0 Å². The van der Waals surface area contributed by atoms with Gasteiger partial charge in [-0.3, -0.25) is 14.3 Å². The van der Waals surface area contributed by atoms with Crippen LogP contribution in [0.2, 0.25) is 0 Å². The van der Waals surface area contributed by atoms with E-state index in [0.717, 1.165) is 15.8 Å². The molecule has 0 bridgehead atoms. The van der Waals surface area contributed by atoms with Gasteiger partial charge in [0.25, 0.3) is 0 Å². The average Bonchev–Trinajstić information content (AvgIpc) is 3.28. The molecule has 0 unspecified atom stereocenters. The lowest BCUT2D eigenvalue weighted by molar-refractivity contribution is -0.142. The highest BCUT2D eigenvalue weighted by molar-refractivity contribution is 7.09. The molecular formula is C18H21F3N4O3S. The SMILES string of the molecule is CCC(=O)Oc1csc(C2CCN(C(=O)Cn3nc(C(F)(F)F)cc3C)CC2)n1. The summed E-state index contributed by atoms with van der Waals surface area (Å²) in [6.45, 7) is 3.95. The quantitative estimate of drug-likeness (QED) is 0.680. The molecule has 2 aromatic heterocycles. The Kier molecular flexibility index (Phi) is 6.25. The molecule has 11 heteroatoms. The molecule has 29 heavy (non-hydrogen) atoms. The summed E-state index contributed by atoms with van der Waals surface area (Å²) in [7, 11) is 0. The van der Waals surface area contributed by atoms with Gasteiger partial charge in [0.1, 0.15) is 6.54 Å². The Morgan fingerprint density at radius 2 is 2.00 bits per heavy atom. The first-order valence-corrected chi connectivity index (χ1v) is 10.1. The summed E-state index contributed by atoms with van der Waals surface area (Å²) in [5.41, 5.74) is -0.706. The minimum Gasteiger partial charge on any atom is -0.407 e. The number of nitrogens with zero attached hydrogens (tertiary/aromatic N) is 4. The van der Waals surface area contributed by atoms with Crippen molar-refractivity contribution in [2.24, 2.45) is 0 Å². The summed E-state index contributed by atoms with van der Waals surface area (Å²) in [4.78, 5) is 29.8. The first-order chi connectivity index (χ1) is 13.7. The van der Waals surface area contributed by atoms with Crippen LogP contribution < -0.4 is 4.74 Å². The van der Waals surface area contributed by atoms with Crippen molar-refractivity contribution in [2.75, 3.05) is 13.1 Å². The Bertz CT molecular complexity index is 885. The van der Waals surface area contributed by atoms with Crippen LogP contribution in [0.4, 0.5) is 13.2 Å². The van der Waals surface area contributed by atoms with Crippen LogP contribution in [0.1, 0.15) is 48.5 Å². The zero-order chi connectivity index (χ0) is 21.2. The summed E-state index contributed by atoms with van der Waals surface area (Å²) in [5, 5.41) is 6.06. The number of hydrogen-bond donors (Lipinski definition) is 0. The van der Waals surface area contributed by atoms with Gasteiger partial charge in [-0.15, -0.1) is 11.3 Å². The fourth-order valence-electron chi connectivity index (χ4n) is 3.11. The van der Waals surface area contributed by atoms with Crippen LogP contribution in [0.3, 0.4) is 0 Å². The fourth-order valence-corrected chi connectivity index (χ4v) is 4.00. The fraction of sp³-hybridized carbons (Fsp3) is 0.556. The molecule has 3 rings (SSSR count). The summed E-state index contributed by atoms with van der Waals surface area (Å²) in [6, 6.07) is 0.935. The van der Waals surface area contributed by atoms with Gasteiger partial charge in [-0.1, -0.05) is 6.92 Å². The van der Waals surface area contributed by atoms with Gasteiger partial charge in [-0.25, -0.2) is 4.98 Å². The van der Waals surface area contributed by atoms with Crippen molar-refractivity contribution in [3.05, 3.63) is 27.8 Å². The van der Waals surface area contributed by atoms with Crippen LogP contribution in [0.5, 0.6) is 5.88 Å². The van der Waals surface area contributed by atoms with Crippen LogP contribution in [-0.4, -0.2) is 44.6 Å². The zero-order valence-corrected chi connectivity index (χ0v) is 16.8. The highest BCUT2D eigenvalue weighted by atomic mass is 32.1. The van der Waals surface area contributed by atoms with Gasteiger partial charge in [-0.05, 0) is 25.8 Å². The molecule has 0 spiro atoms. The minimum absolute atomic E-state index is 0.154. The Labute approximate surface area is 169 Å². The molecule has 0 aliphatic carbocycles. The first kappa shape index (κ1) is 21.3. The highest BCUT2D eigenvalue weighted by Crippen LogP contribution is 2.32. The van der Waals surface area contributed by atoms with Gasteiger partial charge < -0.3 is 9.64 Å². The number of piperidine rings is 1. The molecule has 1 aliphatic rings. The van der Waals surface area contributed by atoms with Crippen molar-refractivity contribution in [2.45, 2.75) is 51.7 Å². The standard InChI is InChI=1S/C18H21F3N4O3S/c1-3-16(27)28-14-10-29-17(22-14)12-4-6-24(7-5-12)15(26)9-25-11(2)8-13(23-25)18(19,20)21/h8,10,12H,3-7,9H2,1-2H3. The number of esters is 1. The van der Waals surface area contributed by atoms with Gasteiger partial charge in [0, 0.05) is 31.1 Å². The van der Waals surface area contributed by atoms with E-state index in [2.05, 4.69) is 10.1 Å². The molecule has 1 aliphatic heterocycles.